The topological polar surface area (TPSA) is 20.2 Å². The van der Waals surface area contributed by atoms with Crippen molar-refractivity contribution in [3.63, 3.8) is 0 Å². The Kier molecular flexibility index (Phi) is 4.18. The van der Waals surface area contributed by atoms with Crippen molar-refractivity contribution >= 4 is 0 Å². The summed E-state index contributed by atoms with van der Waals surface area (Å²) < 4.78 is 13.3. The van der Waals surface area contributed by atoms with Crippen LogP contribution in [-0.2, 0) is 5.60 Å². The molecule has 1 aliphatic carbocycles. The quantitative estimate of drug-likeness (QED) is 0.773. The minimum Gasteiger partial charge on any atom is -0.381 e. The second-order valence-electron chi connectivity index (χ2n) is 5.26. The van der Waals surface area contributed by atoms with E-state index in [-0.39, 0.29) is 5.82 Å². The molecule has 0 bridgehead atoms. The maximum atomic E-state index is 13.3. The van der Waals surface area contributed by atoms with Crippen molar-refractivity contribution in [2.75, 3.05) is 0 Å². The lowest BCUT2D eigenvalue weighted by molar-refractivity contribution is 0.0919. The van der Waals surface area contributed by atoms with Gasteiger partial charge in [0.1, 0.15) is 11.4 Å². The Morgan fingerprint density at radius 1 is 1.17 bits per heavy atom. The Balaban J connectivity index is 2.28. The molecule has 2 heteroatoms. The maximum absolute atomic E-state index is 13.3. The van der Waals surface area contributed by atoms with Crippen molar-refractivity contribution in [1.82, 2.24) is 0 Å². The maximum Gasteiger partial charge on any atom is 0.123 e. The van der Waals surface area contributed by atoms with Crippen LogP contribution in [-0.4, -0.2) is 5.11 Å². The number of halogens is 1. The number of hydrogen-bond acceptors (Lipinski definition) is 1. The van der Waals surface area contributed by atoms with E-state index >= 15 is 0 Å². The molecule has 2 rings (SSSR count). The van der Waals surface area contributed by atoms with Crippen molar-refractivity contribution in [2.24, 2.45) is 0 Å². The van der Waals surface area contributed by atoms with Crippen molar-refractivity contribution in [1.29, 1.82) is 0 Å². The first-order valence-corrected chi connectivity index (χ1v) is 6.78. The molecule has 0 fully saturated rings. The number of rotatable bonds is 2. The van der Waals surface area contributed by atoms with E-state index < -0.39 is 5.60 Å². The van der Waals surface area contributed by atoms with E-state index in [0.29, 0.717) is 5.56 Å². The average Bonchev–Trinajstić information content (AvgIpc) is 2.27. The molecule has 98 valence electrons. The molecule has 1 aliphatic rings. The van der Waals surface area contributed by atoms with Crippen LogP contribution in [0, 0.1) is 5.82 Å². The summed E-state index contributed by atoms with van der Waals surface area (Å²) in [7, 11) is 0. The van der Waals surface area contributed by atoms with Crippen molar-refractivity contribution in [3.05, 3.63) is 47.3 Å². The summed E-state index contributed by atoms with van der Waals surface area (Å²) in [6.45, 7) is 1.77. The van der Waals surface area contributed by atoms with Gasteiger partial charge in [-0.2, -0.15) is 0 Å². The zero-order valence-electron chi connectivity index (χ0n) is 11.0. The van der Waals surface area contributed by atoms with Gasteiger partial charge in [0, 0.05) is 0 Å². The molecule has 0 aromatic heterocycles. The third-order valence-electron chi connectivity index (χ3n) is 3.80. The van der Waals surface area contributed by atoms with Crippen LogP contribution in [0.4, 0.5) is 4.39 Å². The van der Waals surface area contributed by atoms with Crippen LogP contribution in [0.15, 0.2) is 35.9 Å². The SMILES string of the molecule is CC(O)(/C1=C/CCCCCC1)c1cccc(F)c1. The zero-order valence-corrected chi connectivity index (χ0v) is 11.0. The fourth-order valence-corrected chi connectivity index (χ4v) is 2.61. The van der Waals surface area contributed by atoms with Crippen LogP contribution in [0.25, 0.3) is 0 Å². The van der Waals surface area contributed by atoms with Gasteiger partial charge in [0.2, 0.25) is 0 Å². The Labute approximate surface area is 108 Å². The molecule has 0 amide bonds. The smallest absolute Gasteiger partial charge is 0.123 e. The molecule has 1 aromatic rings. The van der Waals surface area contributed by atoms with E-state index in [0.717, 1.165) is 24.8 Å². The van der Waals surface area contributed by atoms with Crippen molar-refractivity contribution < 1.29 is 9.50 Å². The molecule has 0 aliphatic heterocycles. The summed E-state index contributed by atoms with van der Waals surface area (Å²) in [6.07, 6.45) is 8.84. The molecule has 1 nitrogen and oxygen atoms in total. The van der Waals surface area contributed by atoms with Crippen LogP contribution in [0.5, 0.6) is 0 Å². The number of aliphatic hydroxyl groups is 1. The lowest BCUT2D eigenvalue weighted by atomic mass is 9.83. The first-order chi connectivity index (χ1) is 8.60. The molecule has 0 heterocycles. The molecule has 1 aromatic carbocycles. The van der Waals surface area contributed by atoms with Crippen LogP contribution in [0.1, 0.15) is 51.0 Å². The fraction of sp³-hybridized carbons (Fsp3) is 0.500. The van der Waals surface area contributed by atoms with E-state index in [1.807, 2.05) is 0 Å². The highest BCUT2D eigenvalue weighted by atomic mass is 19.1. The van der Waals surface area contributed by atoms with E-state index in [4.69, 9.17) is 0 Å². The Morgan fingerprint density at radius 3 is 2.72 bits per heavy atom. The summed E-state index contributed by atoms with van der Waals surface area (Å²) in [5.41, 5.74) is 0.640. The second-order valence-corrected chi connectivity index (χ2v) is 5.26. The molecular weight excluding hydrogens is 227 g/mol. The molecule has 1 unspecified atom stereocenters. The minimum absolute atomic E-state index is 0.292. The van der Waals surface area contributed by atoms with Gasteiger partial charge in [0.25, 0.3) is 0 Å². The molecular formula is C16H21FO. The van der Waals surface area contributed by atoms with Gasteiger partial charge < -0.3 is 5.11 Å². The normalized spacial score (nSPS) is 23.4. The molecule has 1 N–H and O–H groups in total. The van der Waals surface area contributed by atoms with Gasteiger partial charge in [-0.25, -0.2) is 4.39 Å². The van der Waals surface area contributed by atoms with Crippen molar-refractivity contribution in [2.45, 2.75) is 51.0 Å². The van der Waals surface area contributed by atoms with Gasteiger partial charge in [-0.3, -0.25) is 0 Å². The van der Waals surface area contributed by atoms with Gasteiger partial charge >= 0.3 is 0 Å². The van der Waals surface area contributed by atoms with Crippen LogP contribution in [0.2, 0.25) is 0 Å². The van der Waals surface area contributed by atoms with E-state index in [2.05, 4.69) is 6.08 Å². The van der Waals surface area contributed by atoms with Crippen LogP contribution in [0.3, 0.4) is 0 Å². The van der Waals surface area contributed by atoms with E-state index in [1.54, 1.807) is 19.1 Å². The fourth-order valence-electron chi connectivity index (χ4n) is 2.61. The van der Waals surface area contributed by atoms with Gasteiger partial charge in [-0.05, 0) is 55.9 Å². The Morgan fingerprint density at radius 2 is 1.94 bits per heavy atom. The van der Waals surface area contributed by atoms with Crippen LogP contribution >= 0.6 is 0 Å². The number of benzene rings is 1. The van der Waals surface area contributed by atoms with E-state index in [1.165, 1.54) is 31.4 Å². The second kappa shape index (κ2) is 5.66. The Bertz CT molecular complexity index is 434. The standard InChI is InChI=1S/C16H21FO/c1-16(18,14-10-7-11-15(17)12-14)13-8-5-3-2-4-6-9-13/h7-8,10-12,18H,2-6,9H2,1H3/b13-8+. The molecule has 0 saturated carbocycles. The molecule has 0 saturated heterocycles. The molecule has 1 atom stereocenters. The summed E-state index contributed by atoms with van der Waals surface area (Å²) in [5.74, 6) is -0.292. The Hall–Kier alpha value is -1.15. The largest absolute Gasteiger partial charge is 0.381 e. The third kappa shape index (κ3) is 2.99. The van der Waals surface area contributed by atoms with Gasteiger partial charge in [-0.15, -0.1) is 0 Å². The predicted molar refractivity (Wildman–Crippen MR) is 71.8 cm³/mol. The number of allylic oxidation sites excluding steroid dienone is 1. The lowest BCUT2D eigenvalue weighted by Gasteiger charge is -2.28. The average molecular weight is 248 g/mol. The van der Waals surface area contributed by atoms with Gasteiger partial charge in [0.15, 0.2) is 0 Å². The lowest BCUT2D eigenvalue weighted by Crippen LogP contribution is -2.24. The van der Waals surface area contributed by atoms with E-state index in [9.17, 15) is 9.50 Å². The summed E-state index contributed by atoms with van der Waals surface area (Å²) >= 11 is 0. The van der Waals surface area contributed by atoms with Crippen molar-refractivity contribution in [3.8, 4) is 0 Å². The zero-order chi connectivity index (χ0) is 13.0. The predicted octanol–water partition coefficient (Wildman–Crippen LogP) is 4.31. The molecule has 0 spiro atoms. The van der Waals surface area contributed by atoms with Crippen LogP contribution < -0.4 is 0 Å². The van der Waals surface area contributed by atoms with Gasteiger partial charge in [0.05, 0.1) is 0 Å². The highest BCUT2D eigenvalue weighted by Crippen LogP contribution is 2.34. The summed E-state index contributed by atoms with van der Waals surface area (Å²) in [5, 5.41) is 10.7. The van der Waals surface area contributed by atoms with Gasteiger partial charge in [-0.1, -0.05) is 31.1 Å². The third-order valence-corrected chi connectivity index (χ3v) is 3.80. The summed E-state index contributed by atoms with van der Waals surface area (Å²) in [4.78, 5) is 0. The minimum atomic E-state index is -1.04. The summed E-state index contributed by atoms with van der Waals surface area (Å²) in [6, 6.07) is 6.29. The monoisotopic (exact) mass is 248 g/mol. The first kappa shape index (κ1) is 13.3. The highest BCUT2D eigenvalue weighted by molar-refractivity contribution is 5.32. The number of hydrogen-bond donors (Lipinski definition) is 1. The highest BCUT2D eigenvalue weighted by Gasteiger charge is 2.28. The molecule has 18 heavy (non-hydrogen) atoms. The molecule has 0 radical (unpaired) electrons. The first-order valence-electron chi connectivity index (χ1n) is 6.78.